The maximum Gasteiger partial charge on any atom is 0.175 e. The van der Waals surface area contributed by atoms with Crippen molar-refractivity contribution in [2.24, 2.45) is 0 Å². The van der Waals surface area contributed by atoms with Crippen LogP contribution < -0.4 is 14.8 Å². The molecule has 1 saturated heterocycles. The van der Waals surface area contributed by atoms with E-state index in [-0.39, 0.29) is 0 Å². The first-order valence-corrected chi connectivity index (χ1v) is 7.86. The van der Waals surface area contributed by atoms with Gasteiger partial charge in [0.05, 0.1) is 4.47 Å². The number of benzene rings is 1. The number of ether oxygens (including phenoxy) is 2. The fourth-order valence-electron chi connectivity index (χ4n) is 2.92. The predicted molar refractivity (Wildman–Crippen MR) is 79.2 cm³/mol. The summed E-state index contributed by atoms with van der Waals surface area (Å²) in [5, 5.41) is 3.61. The maximum absolute atomic E-state index is 5.79. The van der Waals surface area contributed by atoms with Crippen LogP contribution in [0.4, 0.5) is 0 Å². The van der Waals surface area contributed by atoms with E-state index in [4.69, 9.17) is 9.47 Å². The zero-order chi connectivity index (χ0) is 13.2. The van der Waals surface area contributed by atoms with Gasteiger partial charge in [0.15, 0.2) is 11.5 Å². The van der Waals surface area contributed by atoms with Gasteiger partial charge in [0, 0.05) is 6.04 Å². The van der Waals surface area contributed by atoms with Gasteiger partial charge in [-0.15, -0.1) is 0 Å². The summed E-state index contributed by atoms with van der Waals surface area (Å²) < 4.78 is 12.5. The van der Waals surface area contributed by atoms with Crippen molar-refractivity contribution in [2.45, 2.75) is 38.6 Å². The second kappa shape index (κ2) is 5.71. The summed E-state index contributed by atoms with van der Waals surface area (Å²) in [5.74, 6) is 1.79. The minimum Gasteiger partial charge on any atom is -0.486 e. The van der Waals surface area contributed by atoms with Crippen LogP contribution in [0, 0.1) is 6.92 Å². The average molecular weight is 326 g/mol. The number of fused-ring (bicyclic) bond motifs is 1. The zero-order valence-electron chi connectivity index (χ0n) is 11.3. The fraction of sp³-hybridized carbons (Fsp3) is 0.600. The Labute approximate surface area is 122 Å². The van der Waals surface area contributed by atoms with E-state index in [2.05, 4.69) is 34.2 Å². The highest BCUT2D eigenvalue weighted by molar-refractivity contribution is 9.10. The van der Waals surface area contributed by atoms with Gasteiger partial charge in [-0.2, -0.15) is 0 Å². The Morgan fingerprint density at radius 1 is 1.26 bits per heavy atom. The maximum atomic E-state index is 5.79. The van der Waals surface area contributed by atoms with E-state index >= 15 is 0 Å². The minimum atomic E-state index is 0.599. The van der Waals surface area contributed by atoms with Crippen LogP contribution in [0.15, 0.2) is 10.5 Å². The monoisotopic (exact) mass is 325 g/mol. The molecular weight excluding hydrogens is 306 g/mol. The van der Waals surface area contributed by atoms with Gasteiger partial charge < -0.3 is 14.8 Å². The lowest BCUT2D eigenvalue weighted by molar-refractivity contribution is 0.169. The lowest BCUT2D eigenvalue weighted by Crippen LogP contribution is -2.35. The zero-order valence-corrected chi connectivity index (χ0v) is 12.9. The Morgan fingerprint density at radius 3 is 2.79 bits per heavy atom. The summed E-state index contributed by atoms with van der Waals surface area (Å²) in [6, 6.07) is 2.79. The van der Waals surface area contributed by atoms with E-state index in [1.807, 2.05) is 0 Å². The third-order valence-electron chi connectivity index (χ3n) is 4.00. The molecule has 2 aliphatic heterocycles. The molecule has 2 aliphatic rings. The summed E-state index contributed by atoms with van der Waals surface area (Å²) in [4.78, 5) is 0. The van der Waals surface area contributed by atoms with Crippen molar-refractivity contribution < 1.29 is 9.47 Å². The van der Waals surface area contributed by atoms with Gasteiger partial charge >= 0.3 is 0 Å². The summed E-state index contributed by atoms with van der Waals surface area (Å²) in [7, 11) is 0. The molecule has 4 heteroatoms. The molecule has 0 saturated carbocycles. The van der Waals surface area contributed by atoms with Crippen LogP contribution in [0.5, 0.6) is 11.5 Å². The van der Waals surface area contributed by atoms with Gasteiger partial charge in [-0.25, -0.2) is 0 Å². The Hall–Kier alpha value is -0.740. The van der Waals surface area contributed by atoms with Crippen LogP contribution >= 0.6 is 15.9 Å². The molecule has 0 bridgehead atoms. The molecule has 1 fully saturated rings. The van der Waals surface area contributed by atoms with E-state index in [0.717, 1.165) is 28.9 Å². The van der Waals surface area contributed by atoms with Gasteiger partial charge in [0.1, 0.15) is 13.2 Å². The Kier molecular flexibility index (Phi) is 3.99. The lowest BCUT2D eigenvalue weighted by atomic mass is 9.94. The van der Waals surface area contributed by atoms with Gasteiger partial charge in [-0.05, 0) is 65.9 Å². The molecule has 0 aromatic heterocycles. The van der Waals surface area contributed by atoms with E-state index < -0.39 is 0 Å². The Morgan fingerprint density at radius 2 is 2.05 bits per heavy atom. The number of halogens is 1. The van der Waals surface area contributed by atoms with Gasteiger partial charge in [0.25, 0.3) is 0 Å². The highest BCUT2D eigenvalue weighted by atomic mass is 79.9. The standard InChI is InChI=1S/C15H20BrNO2/c1-10-11(8-12-4-2-3-5-17-12)9-13(16)15-14(10)18-6-7-19-15/h9,12,17H,2-8H2,1H3. The van der Waals surface area contributed by atoms with Crippen LogP contribution in [0.3, 0.4) is 0 Å². The second-order valence-corrected chi connectivity index (χ2v) is 6.20. The molecule has 0 radical (unpaired) electrons. The highest BCUT2D eigenvalue weighted by Crippen LogP contribution is 2.42. The topological polar surface area (TPSA) is 30.5 Å². The van der Waals surface area contributed by atoms with Crippen molar-refractivity contribution in [3.05, 3.63) is 21.7 Å². The predicted octanol–water partition coefficient (Wildman–Crippen LogP) is 3.21. The average Bonchev–Trinajstić information content (AvgIpc) is 2.46. The van der Waals surface area contributed by atoms with Gasteiger partial charge in [-0.1, -0.05) is 6.42 Å². The molecule has 1 unspecified atom stereocenters. The van der Waals surface area contributed by atoms with E-state index in [0.29, 0.717) is 19.3 Å². The number of hydrogen-bond donors (Lipinski definition) is 1. The molecule has 3 nitrogen and oxygen atoms in total. The summed E-state index contributed by atoms with van der Waals surface area (Å²) in [6.07, 6.45) is 4.98. The molecule has 1 atom stereocenters. The van der Waals surface area contributed by atoms with E-state index in [9.17, 15) is 0 Å². The molecule has 104 valence electrons. The first kappa shape index (κ1) is 13.3. The molecular formula is C15H20BrNO2. The molecule has 2 heterocycles. The molecule has 1 aromatic carbocycles. The van der Waals surface area contributed by atoms with Gasteiger partial charge in [0.2, 0.25) is 0 Å². The normalized spacial score (nSPS) is 22.3. The Bertz CT molecular complexity index is 470. The summed E-state index contributed by atoms with van der Waals surface area (Å²) in [5.41, 5.74) is 2.58. The summed E-state index contributed by atoms with van der Waals surface area (Å²) >= 11 is 3.61. The largest absolute Gasteiger partial charge is 0.486 e. The summed E-state index contributed by atoms with van der Waals surface area (Å²) in [6.45, 7) is 4.56. The molecule has 1 aromatic rings. The van der Waals surface area contributed by atoms with E-state index in [1.165, 1.54) is 30.4 Å². The third kappa shape index (κ3) is 2.75. The third-order valence-corrected chi connectivity index (χ3v) is 4.59. The van der Waals surface area contributed by atoms with Crippen molar-refractivity contribution >= 4 is 15.9 Å². The SMILES string of the molecule is Cc1c(CC2CCCCN2)cc(Br)c2c1OCCO2. The number of nitrogens with one attached hydrogen (secondary N) is 1. The first-order chi connectivity index (χ1) is 9.25. The van der Waals surface area contributed by atoms with Crippen molar-refractivity contribution in [3.63, 3.8) is 0 Å². The highest BCUT2D eigenvalue weighted by Gasteiger charge is 2.22. The molecule has 0 aliphatic carbocycles. The quantitative estimate of drug-likeness (QED) is 0.905. The molecule has 0 spiro atoms. The molecule has 19 heavy (non-hydrogen) atoms. The van der Waals surface area contributed by atoms with Crippen LogP contribution in [-0.2, 0) is 6.42 Å². The van der Waals surface area contributed by atoms with E-state index in [1.54, 1.807) is 0 Å². The fourth-order valence-corrected chi connectivity index (χ4v) is 3.49. The smallest absolute Gasteiger partial charge is 0.175 e. The number of rotatable bonds is 2. The lowest BCUT2D eigenvalue weighted by Gasteiger charge is -2.27. The van der Waals surface area contributed by atoms with Gasteiger partial charge in [-0.3, -0.25) is 0 Å². The molecule has 1 N–H and O–H groups in total. The van der Waals surface area contributed by atoms with Crippen molar-refractivity contribution in [2.75, 3.05) is 19.8 Å². The number of hydrogen-bond acceptors (Lipinski definition) is 3. The number of piperidine rings is 1. The Balaban J connectivity index is 1.86. The second-order valence-electron chi connectivity index (χ2n) is 5.35. The van der Waals surface area contributed by atoms with Crippen LogP contribution in [0.2, 0.25) is 0 Å². The minimum absolute atomic E-state index is 0.599. The van der Waals surface area contributed by atoms with Crippen LogP contribution in [0.1, 0.15) is 30.4 Å². The van der Waals surface area contributed by atoms with Crippen molar-refractivity contribution in [3.8, 4) is 11.5 Å². The van der Waals surface area contributed by atoms with Crippen LogP contribution in [-0.4, -0.2) is 25.8 Å². The molecule has 3 rings (SSSR count). The van der Waals surface area contributed by atoms with Crippen molar-refractivity contribution in [1.82, 2.24) is 5.32 Å². The molecule has 0 amide bonds. The van der Waals surface area contributed by atoms with Crippen LogP contribution in [0.25, 0.3) is 0 Å². The first-order valence-electron chi connectivity index (χ1n) is 7.06. The van der Waals surface area contributed by atoms with Crippen molar-refractivity contribution in [1.29, 1.82) is 0 Å².